The summed E-state index contributed by atoms with van der Waals surface area (Å²) < 4.78 is 0. The van der Waals surface area contributed by atoms with Crippen molar-refractivity contribution in [2.24, 2.45) is 0 Å². The number of carbonyl (C=O) groups excluding carboxylic acids is 1. The van der Waals surface area contributed by atoms with E-state index in [4.69, 9.17) is 10.2 Å². The van der Waals surface area contributed by atoms with Crippen LogP contribution in [0.5, 0.6) is 0 Å². The second-order valence-electron chi connectivity index (χ2n) is 4.32. The Morgan fingerprint density at radius 2 is 2.00 bits per heavy atom. The molecule has 20 heavy (non-hydrogen) atoms. The molecule has 0 saturated carbocycles. The maximum atomic E-state index is 11.6. The molecule has 0 aliphatic heterocycles. The molecule has 0 aromatic carbocycles. The largest absolute Gasteiger partial charge is 0.481 e. The van der Waals surface area contributed by atoms with Crippen LogP contribution in [-0.2, 0) is 20.8 Å². The van der Waals surface area contributed by atoms with Crippen molar-refractivity contribution in [3.63, 3.8) is 0 Å². The molecule has 0 spiro atoms. The van der Waals surface area contributed by atoms with Gasteiger partial charge in [-0.25, -0.2) is 4.79 Å². The number of carboxylic acid groups (broad SMARTS) is 2. The molecule has 110 valence electrons. The number of hydrogen-bond acceptors (Lipinski definition) is 4. The summed E-state index contributed by atoms with van der Waals surface area (Å²) >= 11 is 1.61. The third-order valence-electron chi connectivity index (χ3n) is 2.69. The summed E-state index contributed by atoms with van der Waals surface area (Å²) in [4.78, 5) is 34.1. The molecule has 1 aromatic heterocycles. The SMILES string of the molecule is O=C(O)CCC(NC(=O)CCCc1cccs1)C(=O)O. The van der Waals surface area contributed by atoms with Crippen molar-refractivity contribution in [3.05, 3.63) is 22.4 Å². The zero-order valence-corrected chi connectivity index (χ0v) is 11.7. The van der Waals surface area contributed by atoms with E-state index in [0.717, 1.165) is 6.42 Å². The van der Waals surface area contributed by atoms with Crippen molar-refractivity contribution in [1.29, 1.82) is 0 Å². The minimum atomic E-state index is -1.21. The molecular formula is C13H17NO5S. The number of thiophene rings is 1. The van der Waals surface area contributed by atoms with Gasteiger partial charge in [0.05, 0.1) is 0 Å². The maximum absolute atomic E-state index is 11.6. The first kappa shape index (κ1) is 16.2. The van der Waals surface area contributed by atoms with Crippen LogP contribution in [0.1, 0.15) is 30.6 Å². The molecule has 1 rings (SSSR count). The number of aryl methyl sites for hydroxylation is 1. The highest BCUT2D eigenvalue weighted by molar-refractivity contribution is 7.09. The predicted octanol–water partition coefficient (Wildman–Crippen LogP) is 1.50. The Balaban J connectivity index is 2.30. The molecule has 1 amide bonds. The number of rotatable bonds is 9. The van der Waals surface area contributed by atoms with E-state index in [1.54, 1.807) is 11.3 Å². The molecule has 1 aromatic rings. The van der Waals surface area contributed by atoms with Crippen molar-refractivity contribution in [3.8, 4) is 0 Å². The van der Waals surface area contributed by atoms with Gasteiger partial charge in [0, 0.05) is 17.7 Å². The number of carbonyl (C=O) groups is 3. The first-order valence-electron chi connectivity index (χ1n) is 6.25. The first-order valence-corrected chi connectivity index (χ1v) is 7.13. The number of amides is 1. The van der Waals surface area contributed by atoms with E-state index in [0.29, 0.717) is 6.42 Å². The summed E-state index contributed by atoms with van der Waals surface area (Å²) in [5.41, 5.74) is 0. The smallest absolute Gasteiger partial charge is 0.326 e. The normalized spacial score (nSPS) is 11.8. The van der Waals surface area contributed by atoms with Gasteiger partial charge in [-0.05, 0) is 30.7 Å². The van der Waals surface area contributed by atoms with Gasteiger partial charge in [0.15, 0.2) is 0 Å². The third kappa shape index (κ3) is 6.33. The molecule has 0 bridgehead atoms. The summed E-state index contributed by atoms with van der Waals surface area (Å²) in [7, 11) is 0. The van der Waals surface area contributed by atoms with E-state index in [-0.39, 0.29) is 25.2 Å². The van der Waals surface area contributed by atoms with Crippen molar-refractivity contribution in [2.45, 2.75) is 38.1 Å². The van der Waals surface area contributed by atoms with Gasteiger partial charge in [0.1, 0.15) is 6.04 Å². The topological polar surface area (TPSA) is 104 Å². The summed E-state index contributed by atoms with van der Waals surface area (Å²) in [5, 5.41) is 21.7. The van der Waals surface area contributed by atoms with E-state index in [2.05, 4.69) is 5.32 Å². The van der Waals surface area contributed by atoms with E-state index in [9.17, 15) is 14.4 Å². The van der Waals surface area contributed by atoms with Crippen molar-refractivity contribution >= 4 is 29.2 Å². The Hall–Kier alpha value is -1.89. The zero-order chi connectivity index (χ0) is 15.0. The molecule has 1 heterocycles. The molecule has 3 N–H and O–H groups in total. The van der Waals surface area contributed by atoms with Crippen molar-refractivity contribution in [2.75, 3.05) is 0 Å². The van der Waals surface area contributed by atoms with Gasteiger partial charge in [0.25, 0.3) is 0 Å². The van der Waals surface area contributed by atoms with Gasteiger partial charge in [0.2, 0.25) is 5.91 Å². The van der Waals surface area contributed by atoms with E-state index in [1.807, 2.05) is 17.5 Å². The average Bonchev–Trinajstić information content (AvgIpc) is 2.87. The minimum Gasteiger partial charge on any atom is -0.481 e. The Kier molecular flexibility index (Phi) is 6.72. The van der Waals surface area contributed by atoms with Gasteiger partial charge >= 0.3 is 11.9 Å². The molecule has 0 fully saturated rings. The standard InChI is InChI=1S/C13H17NO5S/c15-11(5-1-3-9-4-2-8-20-9)14-10(13(18)19)6-7-12(16)17/h2,4,8,10H,1,3,5-7H2,(H,14,15)(H,16,17)(H,18,19). The molecule has 0 aliphatic rings. The average molecular weight is 299 g/mol. The number of carboxylic acids is 2. The lowest BCUT2D eigenvalue weighted by atomic mass is 10.1. The Bertz CT molecular complexity index is 457. The van der Waals surface area contributed by atoms with Gasteiger partial charge in [-0.1, -0.05) is 6.07 Å². The summed E-state index contributed by atoms with van der Waals surface area (Å²) in [6, 6.07) is 2.78. The number of hydrogen-bond donors (Lipinski definition) is 3. The molecule has 7 heteroatoms. The predicted molar refractivity (Wildman–Crippen MR) is 73.7 cm³/mol. The first-order chi connectivity index (χ1) is 9.49. The van der Waals surface area contributed by atoms with Crippen molar-refractivity contribution in [1.82, 2.24) is 5.32 Å². The van der Waals surface area contributed by atoms with Crippen LogP contribution < -0.4 is 5.32 Å². The van der Waals surface area contributed by atoms with E-state index < -0.39 is 18.0 Å². The summed E-state index contributed by atoms with van der Waals surface area (Å²) in [6.07, 6.45) is 1.25. The van der Waals surface area contributed by atoms with Crippen LogP contribution in [0.3, 0.4) is 0 Å². The van der Waals surface area contributed by atoms with Crippen LogP contribution in [0.25, 0.3) is 0 Å². The Morgan fingerprint density at radius 1 is 1.25 bits per heavy atom. The van der Waals surface area contributed by atoms with Crippen LogP contribution in [0.15, 0.2) is 17.5 Å². The van der Waals surface area contributed by atoms with Crippen LogP contribution in [-0.4, -0.2) is 34.1 Å². The quantitative estimate of drug-likeness (QED) is 0.641. The molecule has 1 unspecified atom stereocenters. The highest BCUT2D eigenvalue weighted by atomic mass is 32.1. The third-order valence-corrected chi connectivity index (χ3v) is 3.62. The lowest BCUT2D eigenvalue weighted by molar-refractivity contribution is -0.143. The molecule has 0 radical (unpaired) electrons. The van der Waals surface area contributed by atoms with Crippen LogP contribution >= 0.6 is 11.3 Å². The molecule has 1 atom stereocenters. The van der Waals surface area contributed by atoms with Gasteiger partial charge in [-0.15, -0.1) is 11.3 Å². The van der Waals surface area contributed by atoms with Crippen LogP contribution in [0.2, 0.25) is 0 Å². The van der Waals surface area contributed by atoms with Gasteiger partial charge in [-0.2, -0.15) is 0 Å². The Labute approximate surface area is 120 Å². The van der Waals surface area contributed by atoms with Crippen molar-refractivity contribution < 1.29 is 24.6 Å². The number of aliphatic carboxylic acids is 2. The molecular weight excluding hydrogens is 282 g/mol. The van der Waals surface area contributed by atoms with Gasteiger partial charge < -0.3 is 15.5 Å². The van der Waals surface area contributed by atoms with E-state index >= 15 is 0 Å². The highest BCUT2D eigenvalue weighted by Gasteiger charge is 2.20. The van der Waals surface area contributed by atoms with E-state index in [1.165, 1.54) is 4.88 Å². The molecule has 6 nitrogen and oxygen atoms in total. The fraction of sp³-hybridized carbons (Fsp3) is 0.462. The fourth-order valence-corrected chi connectivity index (χ4v) is 2.42. The Morgan fingerprint density at radius 3 is 2.55 bits per heavy atom. The zero-order valence-electron chi connectivity index (χ0n) is 10.9. The van der Waals surface area contributed by atoms with Crippen LogP contribution in [0, 0.1) is 0 Å². The summed E-state index contributed by atoms with van der Waals surface area (Å²) in [5.74, 6) is -2.65. The lowest BCUT2D eigenvalue weighted by Crippen LogP contribution is -2.41. The second kappa shape index (κ2) is 8.31. The fourth-order valence-electron chi connectivity index (χ4n) is 1.67. The monoisotopic (exact) mass is 299 g/mol. The van der Waals surface area contributed by atoms with Crippen LogP contribution in [0.4, 0.5) is 0 Å². The minimum absolute atomic E-state index is 0.110. The second-order valence-corrected chi connectivity index (χ2v) is 5.36. The maximum Gasteiger partial charge on any atom is 0.326 e. The molecule has 0 saturated heterocycles. The lowest BCUT2D eigenvalue weighted by Gasteiger charge is -2.13. The summed E-state index contributed by atoms with van der Waals surface area (Å²) in [6.45, 7) is 0. The van der Waals surface area contributed by atoms with Gasteiger partial charge in [-0.3, -0.25) is 9.59 Å². The molecule has 0 aliphatic carbocycles. The highest BCUT2D eigenvalue weighted by Crippen LogP contribution is 2.12. The number of nitrogens with one attached hydrogen (secondary N) is 1.